The van der Waals surface area contributed by atoms with E-state index in [4.69, 9.17) is 10.6 Å². The SMILES string of the molecule is [2H]C([2H])(O)C([2H])([2H])NC(=O)CCC/C=C\C/C=C\C/C=C\C/C=C\C/C=C\CC. The zero-order chi connectivity index (χ0) is 22.0. The first kappa shape index (κ1) is 16.6. The van der Waals surface area contributed by atoms with Gasteiger partial charge in [0.15, 0.2) is 0 Å². The van der Waals surface area contributed by atoms with Crippen molar-refractivity contribution >= 4 is 5.91 Å². The maximum Gasteiger partial charge on any atom is 0.220 e. The van der Waals surface area contributed by atoms with E-state index in [1.54, 1.807) is 0 Å². The van der Waals surface area contributed by atoms with Gasteiger partial charge in [-0.3, -0.25) is 4.79 Å². The maximum absolute atomic E-state index is 11.6. The lowest BCUT2D eigenvalue weighted by molar-refractivity contribution is -0.121. The smallest absolute Gasteiger partial charge is 0.220 e. The summed E-state index contributed by atoms with van der Waals surface area (Å²) in [6.07, 6.45) is 27.1. The molecule has 0 spiro atoms. The minimum atomic E-state index is -3.12. The van der Waals surface area contributed by atoms with E-state index in [0.717, 1.165) is 32.1 Å². The van der Waals surface area contributed by atoms with Crippen molar-refractivity contribution in [3.8, 4) is 0 Å². The molecule has 0 fully saturated rings. The van der Waals surface area contributed by atoms with Crippen LogP contribution in [0.4, 0.5) is 0 Å². The van der Waals surface area contributed by atoms with Crippen LogP contribution in [0.25, 0.3) is 0 Å². The summed E-state index contributed by atoms with van der Waals surface area (Å²) in [6.45, 7) is -3.80. The standard InChI is InChI=1S/C22H35NO2/c1-2-3-4-5-6-7-8-9-10-11-12-13-14-15-16-17-18-19-22(25)23-20-21-24/h3-4,6-7,9-10,12-13,15-16,24H,2,5,8,11,14,17-21H2,1H3,(H,23,25)/b4-3-,7-6-,10-9-,13-12-,16-15-/i20D2,21D2. The summed E-state index contributed by atoms with van der Waals surface area (Å²) in [5.74, 6) is -0.625. The number of hydrogen-bond donors (Lipinski definition) is 2. The number of nitrogens with one attached hydrogen (secondary N) is 1. The Kier molecular flexibility index (Phi) is 13.4. The molecule has 140 valence electrons. The molecule has 3 heteroatoms. The zero-order valence-electron chi connectivity index (χ0n) is 19.3. The maximum atomic E-state index is 11.6. The minimum Gasteiger partial charge on any atom is -0.395 e. The Bertz CT molecular complexity index is 588. The summed E-state index contributed by atoms with van der Waals surface area (Å²) < 4.78 is 28.5. The number of amides is 1. The molecule has 0 atom stereocenters. The van der Waals surface area contributed by atoms with E-state index in [0.29, 0.717) is 12.8 Å². The third kappa shape index (κ3) is 20.1. The van der Waals surface area contributed by atoms with Crippen LogP contribution in [0.15, 0.2) is 60.8 Å². The Balaban J connectivity index is 3.75. The number of unbranched alkanes of at least 4 members (excludes halogenated alkanes) is 1. The molecular formula is C22H35NO2. The summed E-state index contributed by atoms with van der Waals surface area (Å²) >= 11 is 0. The van der Waals surface area contributed by atoms with E-state index < -0.39 is 19.0 Å². The molecule has 0 rings (SSSR count). The second-order valence-corrected chi connectivity index (χ2v) is 5.39. The van der Waals surface area contributed by atoms with Crippen molar-refractivity contribution in [3.05, 3.63) is 60.8 Å². The van der Waals surface area contributed by atoms with Gasteiger partial charge in [0, 0.05) is 12.9 Å². The Morgan fingerprint density at radius 2 is 1.36 bits per heavy atom. The van der Waals surface area contributed by atoms with E-state index in [-0.39, 0.29) is 6.42 Å². The quantitative estimate of drug-likeness (QED) is 0.322. The van der Waals surface area contributed by atoms with Gasteiger partial charge in [0.2, 0.25) is 5.91 Å². The number of carbonyl (C=O) groups excluding carboxylic acids is 1. The fourth-order valence-electron chi connectivity index (χ4n) is 1.91. The molecule has 0 aliphatic rings. The average molecular weight is 350 g/mol. The molecule has 0 heterocycles. The van der Waals surface area contributed by atoms with Crippen LogP contribution in [0.2, 0.25) is 0 Å². The van der Waals surface area contributed by atoms with Crippen molar-refractivity contribution in [1.82, 2.24) is 5.32 Å². The van der Waals surface area contributed by atoms with Crippen LogP contribution in [0.3, 0.4) is 0 Å². The van der Waals surface area contributed by atoms with Crippen LogP contribution in [-0.2, 0) is 4.79 Å². The van der Waals surface area contributed by atoms with Crippen LogP contribution < -0.4 is 5.32 Å². The first-order chi connectivity index (χ1) is 13.7. The highest BCUT2D eigenvalue weighted by molar-refractivity contribution is 5.75. The first-order valence-electron chi connectivity index (χ1n) is 11.0. The molecule has 3 nitrogen and oxygen atoms in total. The Morgan fingerprint density at radius 1 is 0.880 bits per heavy atom. The molecule has 0 aromatic rings. The van der Waals surface area contributed by atoms with Gasteiger partial charge in [-0.1, -0.05) is 67.7 Å². The molecule has 25 heavy (non-hydrogen) atoms. The van der Waals surface area contributed by atoms with E-state index in [2.05, 4.69) is 55.5 Å². The van der Waals surface area contributed by atoms with E-state index >= 15 is 0 Å². The molecule has 2 N–H and O–H groups in total. The second-order valence-electron chi connectivity index (χ2n) is 5.39. The molecule has 0 bridgehead atoms. The third-order valence-corrected chi connectivity index (χ3v) is 3.19. The third-order valence-electron chi connectivity index (χ3n) is 3.19. The lowest BCUT2D eigenvalue weighted by atomic mass is 10.2. The highest BCUT2D eigenvalue weighted by Crippen LogP contribution is 1.99. The highest BCUT2D eigenvalue weighted by atomic mass is 16.3. The average Bonchev–Trinajstić information content (AvgIpc) is 2.63. The van der Waals surface area contributed by atoms with Gasteiger partial charge in [-0.05, 0) is 44.9 Å². The number of aliphatic hydroxyl groups is 1. The van der Waals surface area contributed by atoms with Crippen LogP contribution in [0.5, 0.6) is 0 Å². The van der Waals surface area contributed by atoms with Crippen molar-refractivity contribution in [2.24, 2.45) is 0 Å². The van der Waals surface area contributed by atoms with Crippen molar-refractivity contribution in [2.75, 3.05) is 13.1 Å². The topological polar surface area (TPSA) is 49.3 Å². The lowest BCUT2D eigenvalue weighted by Gasteiger charge is -2.00. The number of allylic oxidation sites excluding steroid dienone is 10. The molecule has 1 amide bonds. The van der Waals surface area contributed by atoms with Gasteiger partial charge in [-0.25, -0.2) is 0 Å². The van der Waals surface area contributed by atoms with Gasteiger partial charge in [-0.15, -0.1) is 0 Å². The number of hydrogen-bond acceptors (Lipinski definition) is 2. The summed E-state index contributed by atoms with van der Waals surface area (Å²) in [5, 5.41) is 10.9. The van der Waals surface area contributed by atoms with Gasteiger partial charge >= 0.3 is 0 Å². The Hall–Kier alpha value is -1.87. The second kappa shape index (κ2) is 20.2. The van der Waals surface area contributed by atoms with Gasteiger partial charge in [0.05, 0.1) is 12.0 Å². The molecule has 0 saturated carbocycles. The largest absolute Gasteiger partial charge is 0.395 e. The summed E-state index contributed by atoms with van der Waals surface area (Å²) in [5.41, 5.74) is 0. The molecular weight excluding hydrogens is 310 g/mol. The lowest BCUT2D eigenvalue weighted by Crippen LogP contribution is -2.25. The predicted molar refractivity (Wildman–Crippen MR) is 108 cm³/mol. The van der Waals surface area contributed by atoms with Gasteiger partial charge < -0.3 is 10.4 Å². The van der Waals surface area contributed by atoms with E-state index in [1.165, 1.54) is 0 Å². The molecule has 0 unspecified atom stereocenters. The van der Waals surface area contributed by atoms with E-state index in [9.17, 15) is 4.79 Å². The predicted octanol–water partition coefficient (Wildman–Crippen LogP) is 5.02. The number of carbonyl (C=O) groups is 1. The molecule has 0 aliphatic heterocycles. The summed E-state index contributed by atoms with van der Waals surface area (Å²) in [4.78, 5) is 11.6. The minimum absolute atomic E-state index is 0.0733. The molecule has 0 aliphatic carbocycles. The highest BCUT2D eigenvalue weighted by Gasteiger charge is 1.97. The Labute approximate surface area is 159 Å². The van der Waals surface area contributed by atoms with Crippen molar-refractivity contribution in [3.63, 3.8) is 0 Å². The van der Waals surface area contributed by atoms with Crippen LogP contribution >= 0.6 is 0 Å². The number of rotatable bonds is 15. The summed E-state index contributed by atoms with van der Waals surface area (Å²) in [6, 6.07) is 0. The normalized spacial score (nSPS) is 16.1. The molecule has 0 radical (unpaired) electrons. The van der Waals surface area contributed by atoms with Crippen LogP contribution in [0, 0.1) is 0 Å². The Morgan fingerprint density at radius 3 is 1.84 bits per heavy atom. The molecule has 0 aromatic heterocycles. The van der Waals surface area contributed by atoms with Crippen molar-refractivity contribution < 1.29 is 15.4 Å². The van der Waals surface area contributed by atoms with Crippen molar-refractivity contribution in [1.29, 1.82) is 0 Å². The van der Waals surface area contributed by atoms with Crippen molar-refractivity contribution in [2.45, 2.75) is 58.3 Å². The monoisotopic (exact) mass is 349 g/mol. The van der Waals surface area contributed by atoms with Crippen LogP contribution in [-0.4, -0.2) is 24.1 Å². The van der Waals surface area contributed by atoms with Crippen LogP contribution in [0.1, 0.15) is 63.8 Å². The summed E-state index contributed by atoms with van der Waals surface area (Å²) in [7, 11) is 0. The van der Waals surface area contributed by atoms with Gasteiger partial charge in [-0.2, -0.15) is 0 Å². The van der Waals surface area contributed by atoms with E-state index in [1.807, 2.05) is 17.5 Å². The zero-order valence-corrected chi connectivity index (χ0v) is 15.3. The molecule has 0 aromatic carbocycles. The fraction of sp³-hybridized carbons (Fsp3) is 0.500. The van der Waals surface area contributed by atoms with Gasteiger partial charge in [0.25, 0.3) is 0 Å². The van der Waals surface area contributed by atoms with Gasteiger partial charge in [0.1, 0.15) is 0 Å². The first-order valence-corrected chi connectivity index (χ1v) is 8.99. The molecule has 0 saturated heterocycles. The fourth-order valence-corrected chi connectivity index (χ4v) is 1.91.